The van der Waals surface area contributed by atoms with Crippen LogP contribution in [0.1, 0.15) is 23.2 Å². The normalized spacial score (nSPS) is 17.3. The van der Waals surface area contributed by atoms with Crippen LogP contribution in [0.25, 0.3) is 0 Å². The number of amides is 1. The number of halogens is 2. The van der Waals surface area contributed by atoms with Crippen LogP contribution < -0.4 is 5.73 Å². The number of oxime groups is 1. The van der Waals surface area contributed by atoms with Gasteiger partial charge in [0.15, 0.2) is 0 Å². The van der Waals surface area contributed by atoms with Gasteiger partial charge in [-0.2, -0.15) is 0 Å². The average Bonchev–Trinajstić information content (AvgIpc) is 2.48. The van der Waals surface area contributed by atoms with Crippen molar-refractivity contribution in [2.75, 3.05) is 13.1 Å². The molecule has 1 saturated heterocycles. The van der Waals surface area contributed by atoms with Gasteiger partial charge >= 0.3 is 0 Å². The Labute approximate surface area is 124 Å². The molecule has 0 spiro atoms. The number of nitrogens with two attached hydrogens (primary N) is 1. The molecule has 2 rings (SSSR count). The van der Waals surface area contributed by atoms with Gasteiger partial charge in [-0.15, -0.1) is 0 Å². The van der Waals surface area contributed by atoms with E-state index < -0.39 is 5.82 Å². The van der Waals surface area contributed by atoms with Crippen molar-refractivity contribution in [1.29, 1.82) is 0 Å². The molecule has 1 aliphatic heterocycles. The predicted octanol–water partition coefficient (Wildman–Crippen LogP) is 2.19. The van der Waals surface area contributed by atoms with E-state index in [-0.39, 0.29) is 17.7 Å². The maximum atomic E-state index is 13.4. The number of piperidine rings is 1. The highest BCUT2D eigenvalue weighted by Gasteiger charge is 2.26. The van der Waals surface area contributed by atoms with E-state index in [1.807, 2.05) is 0 Å². The first-order valence-corrected chi connectivity index (χ1v) is 7.04. The largest absolute Gasteiger partial charge is 0.409 e. The maximum Gasteiger partial charge on any atom is 0.253 e. The Balaban J connectivity index is 2.03. The molecular formula is C13H15BrFN3O2. The number of likely N-dealkylation sites (tertiary alicyclic amines) is 1. The summed E-state index contributed by atoms with van der Waals surface area (Å²) in [5.41, 5.74) is 5.89. The summed E-state index contributed by atoms with van der Waals surface area (Å²) in [7, 11) is 0. The van der Waals surface area contributed by atoms with Gasteiger partial charge in [0.2, 0.25) is 0 Å². The molecule has 1 heterocycles. The van der Waals surface area contributed by atoms with Crippen LogP contribution in [0.2, 0.25) is 0 Å². The van der Waals surface area contributed by atoms with Gasteiger partial charge in [-0.3, -0.25) is 4.79 Å². The van der Waals surface area contributed by atoms with Gasteiger partial charge in [-0.25, -0.2) is 4.39 Å². The summed E-state index contributed by atoms with van der Waals surface area (Å²) >= 11 is 3.06. The van der Waals surface area contributed by atoms with Gasteiger partial charge in [-0.1, -0.05) is 5.16 Å². The summed E-state index contributed by atoms with van der Waals surface area (Å²) in [5, 5.41) is 11.6. The van der Waals surface area contributed by atoms with E-state index in [1.165, 1.54) is 12.1 Å². The first kappa shape index (κ1) is 14.8. The number of carbonyl (C=O) groups is 1. The molecule has 1 aliphatic rings. The van der Waals surface area contributed by atoms with Crippen molar-refractivity contribution in [3.8, 4) is 0 Å². The summed E-state index contributed by atoms with van der Waals surface area (Å²) in [6, 6.07) is 4.33. The van der Waals surface area contributed by atoms with Crippen molar-refractivity contribution in [3.63, 3.8) is 0 Å². The van der Waals surface area contributed by atoms with Crippen LogP contribution >= 0.6 is 15.9 Å². The molecule has 1 aromatic rings. The predicted molar refractivity (Wildman–Crippen MR) is 76.1 cm³/mol. The van der Waals surface area contributed by atoms with Gasteiger partial charge in [0.1, 0.15) is 11.7 Å². The lowest BCUT2D eigenvalue weighted by Gasteiger charge is -2.31. The molecule has 1 amide bonds. The summed E-state index contributed by atoms with van der Waals surface area (Å²) in [5.74, 6) is -0.464. The van der Waals surface area contributed by atoms with Crippen LogP contribution in [0.3, 0.4) is 0 Å². The minimum absolute atomic E-state index is 0.00861. The van der Waals surface area contributed by atoms with Crippen molar-refractivity contribution < 1.29 is 14.4 Å². The van der Waals surface area contributed by atoms with E-state index in [9.17, 15) is 9.18 Å². The zero-order valence-corrected chi connectivity index (χ0v) is 12.3. The van der Waals surface area contributed by atoms with Gasteiger partial charge in [0.05, 0.1) is 4.47 Å². The quantitative estimate of drug-likeness (QED) is 0.374. The standard InChI is InChI=1S/C13H15BrFN3O2/c14-10-2-1-9(7-11(10)15)13(19)18-5-3-8(4-6-18)12(16)17-20/h1-2,7-8,20H,3-6H2,(H2,16,17). The Kier molecular flexibility index (Phi) is 4.59. The first-order valence-electron chi connectivity index (χ1n) is 6.24. The molecule has 108 valence electrons. The van der Waals surface area contributed by atoms with Crippen molar-refractivity contribution in [2.45, 2.75) is 12.8 Å². The summed E-state index contributed by atoms with van der Waals surface area (Å²) < 4.78 is 13.8. The Bertz CT molecular complexity index is 542. The Morgan fingerprint density at radius 3 is 2.65 bits per heavy atom. The molecule has 0 radical (unpaired) electrons. The highest BCUT2D eigenvalue weighted by Crippen LogP contribution is 2.21. The molecule has 7 heteroatoms. The van der Waals surface area contributed by atoms with Gasteiger partial charge in [-0.05, 0) is 47.0 Å². The van der Waals surface area contributed by atoms with Crippen molar-refractivity contribution in [1.82, 2.24) is 4.90 Å². The van der Waals surface area contributed by atoms with Crippen molar-refractivity contribution in [3.05, 3.63) is 34.1 Å². The zero-order chi connectivity index (χ0) is 14.7. The Morgan fingerprint density at radius 2 is 2.10 bits per heavy atom. The van der Waals surface area contributed by atoms with E-state index in [0.717, 1.165) is 0 Å². The third kappa shape index (κ3) is 3.09. The first-order chi connectivity index (χ1) is 9.52. The summed E-state index contributed by atoms with van der Waals surface area (Å²) in [6.45, 7) is 1.02. The topological polar surface area (TPSA) is 78.9 Å². The molecule has 0 aromatic heterocycles. The molecule has 0 saturated carbocycles. The number of benzene rings is 1. The molecule has 5 nitrogen and oxygen atoms in total. The molecule has 1 aromatic carbocycles. The van der Waals surface area contributed by atoms with E-state index in [4.69, 9.17) is 10.9 Å². The monoisotopic (exact) mass is 343 g/mol. The molecule has 0 aliphatic carbocycles. The SMILES string of the molecule is NC(=NO)C1CCN(C(=O)c2ccc(Br)c(F)c2)CC1. The summed E-state index contributed by atoms with van der Waals surface area (Å²) in [6.07, 6.45) is 1.28. The average molecular weight is 344 g/mol. The molecule has 0 atom stereocenters. The highest BCUT2D eigenvalue weighted by atomic mass is 79.9. The number of rotatable bonds is 2. The lowest BCUT2D eigenvalue weighted by atomic mass is 9.95. The van der Waals surface area contributed by atoms with Gasteiger partial charge < -0.3 is 15.8 Å². The second kappa shape index (κ2) is 6.21. The molecule has 1 fully saturated rings. The number of hydrogen-bond donors (Lipinski definition) is 2. The molecular weight excluding hydrogens is 329 g/mol. The molecule has 20 heavy (non-hydrogen) atoms. The van der Waals surface area contributed by atoms with E-state index in [0.29, 0.717) is 36.0 Å². The fourth-order valence-electron chi connectivity index (χ4n) is 2.27. The van der Waals surface area contributed by atoms with Crippen LogP contribution in [0.4, 0.5) is 4.39 Å². The van der Waals surface area contributed by atoms with E-state index >= 15 is 0 Å². The molecule has 0 bridgehead atoms. The lowest BCUT2D eigenvalue weighted by molar-refractivity contribution is 0.0708. The minimum atomic E-state index is -0.456. The second-order valence-corrected chi connectivity index (χ2v) is 5.57. The number of nitrogens with zero attached hydrogens (tertiary/aromatic N) is 2. The van der Waals surface area contributed by atoms with Crippen LogP contribution in [0, 0.1) is 11.7 Å². The third-order valence-corrected chi connectivity index (χ3v) is 4.13. The van der Waals surface area contributed by atoms with Gasteiger partial charge in [0, 0.05) is 24.6 Å². The number of carbonyl (C=O) groups excluding carboxylic acids is 1. The maximum absolute atomic E-state index is 13.4. The summed E-state index contributed by atoms with van der Waals surface area (Å²) in [4.78, 5) is 13.9. The molecule has 0 unspecified atom stereocenters. The van der Waals surface area contributed by atoms with Crippen molar-refractivity contribution >= 4 is 27.7 Å². The minimum Gasteiger partial charge on any atom is -0.409 e. The van der Waals surface area contributed by atoms with Crippen LogP contribution in [-0.4, -0.2) is 34.9 Å². The smallest absolute Gasteiger partial charge is 0.253 e. The van der Waals surface area contributed by atoms with E-state index in [2.05, 4.69) is 21.1 Å². The van der Waals surface area contributed by atoms with Crippen LogP contribution in [0.5, 0.6) is 0 Å². The fraction of sp³-hybridized carbons (Fsp3) is 0.385. The van der Waals surface area contributed by atoms with Crippen molar-refractivity contribution in [2.24, 2.45) is 16.8 Å². The number of amidine groups is 1. The second-order valence-electron chi connectivity index (χ2n) is 4.72. The molecule has 3 N–H and O–H groups in total. The Morgan fingerprint density at radius 1 is 1.45 bits per heavy atom. The Hall–Kier alpha value is -1.63. The fourth-order valence-corrected chi connectivity index (χ4v) is 2.52. The number of hydrogen-bond acceptors (Lipinski definition) is 3. The van der Waals surface area contributed by atoms with E-state index in [1.54, 1.807) is 11.0 Å². The third-order valence-electron chi connectivity index (χ3n) is 3.48. The van der Waals surface area contributed by atoms with Crippen LogP contribution in [-0.2, 0) is 0 Å². The lowest BCUT2D eigenvalue weighted by Crippen LogP contribution is -2.41. The zero-order valence-electron chi connectivity index (χ0n) is 10.7. The van der Waals surface area contributed by atoms with Gasteiger partial charge in [0.25, 0.3) is 5.91 Å². The van der Waals surface area contributed by atoms with Crippen LogP contribution in [0.15, 0.2) is 27.8 Å². The highest BCUT2D eigenvalue weighted by molar-refractivity contribution is 9.10.